The molecule has 0 aliphatic carbocycles. The van der Waals surface area contributed by atoms with E-state index in [4.69, 9.17) is 17.3 Å². The molecule has 0 aromatic heterocycles. The number of benzene rings is 1. The monoisotopic (exact) mass is 242 g/mol. The van der Waals surface area contributed by atoms with Crippen molar-refractivity contribution in [1.29, 1.82) is 0 Å². The van der Waals surface area contributed by atoms with E-state index in [-0.39, 0.29) is 16.0 Å². The van der Waals surface area contributed by atoms with E-state index in [1.54, 1.807) is 6.07 Å². The molecule has 4 nitrogen and oxygen atoms in total. The molecular weight excluding hydrogens is 228 g/mol. The minimum absolute atomic E-state index is 0.0999. The fraction of sp³-hybridized carbons (Fsp3) is 0.455. The minimum Gasteiger partial charge on any atom is -0.330 e. The fourth-order valence-corrected chi connectivity index (χ4v) is 1.88. The summed E-state index contributed by atoms with van der Waals surface area (Å²) >= 11 is 5.87. The van der Waals surface area contributed by atoms with Gasteiger partial charge in [-0.1, -0.05) is 25.4 Å². The van der Waals surface area contributed by atoms with Gasteiger partial charge < -0.3 is 5.73 Å². The third-order valence-electron chi connectivity index (χ3n) is 2.65. The van der Waals surface area contributed by atoms with E-state index < -0.39 is 0 Å². The van der Waals surface area contributed by atoms with Crippen LogP contribution in [-0.2, 0) is 5.41 Å². The molecule has 16 heavy (non-hydrogen) atoms. The van der Waals surface area contributed by atoms with E-state index in [9.17, 15) is 10.1 Å². The quantitative estimate of drug-likeness (QED) is 0.652. The number of halogens is 1. The second-order valence-corrected chi connectivity index (χ2v) is 4.78. The maximum atomic E-state index is 10.9. The first kappa shape index (κ1) is 12.9. The molecule has 0 fully saturated rings. The van der Waals surface area contributed by atoms with Gasteiger partial charge in [-0.25, -0.2) is 0 Å². The second kappa shape index (κ2) is 4.80. The standard InChI is InChI=1S/C11H15ClN2O2/c1-11(2,5-6-13)9-7-8(12)3-4-10(9)14(15)16/h3-4,7H,5-6,13H2,1-2H3. The number of nitro groups is 1. The van der Waals surface area contributed by atoms with Gasteiger partial charge >= 0.3 is 0 Å². The molecule has 0 amide bonds. The Hall–Kier alpha value is -1.13. The highest BCUT2D eigenvalue weighted by Crippen LogP contribution is 2.35. The van der Waals surface area contributed by atoms with Gasteiger partial charge in [0.05, 0.1) is 4.92 Å². The van der Waals surface area contributed by atoms with Gasteiger partial charge in [0, 0.05) is 16.7 Å². The van der Waals surface area contributed by atoms with Crippen LogP contribution in [0.2, 0.25) is 5.02 Å². The SMILES string of the molecule is CC(C)(CCN)c1cc(Cl)ccc1[N+](=O)[O-]. The second-order valence-electron chi connectivity index (χ2n) is 4.34. The predicted octanol–water partition coefficient (Wildman–Crippen LogP) is 2.87. The summed E-state index contributed by atoms with van der Waals surface area (Å²) in [6, 6.07) is 4.62. The highest BCUT2D eigenvalue weighted by Gasteiger charge is 2.28. The van der Waals surface area contributed by atoms with Crippen LogP contribution < -0.4 is 5.73 Å². The van der Waals surface area contributed by atoms with Gasteiger partial charge in [-0.2, -0.15) is 0 Å². The highest BCUT2D eigenvalue weighted by atomic mass is 35.5. The summed E-state index contributed by atoms with van der Waals surface area (Å²) in [5.74, 6) is 0. The number of nitro benzene ring substituents is 1. The van der Waals surface area contributed by atoms with E-state index >= 15 is 0 Å². The van der Waals surface area contributed by atoms with Gasteiger partial charge in [0.1, 0.15) is 0 Å². The van der Waals surface area contributed by atoms with E-state index in [0.29, 0.717) is 23.6 Å². The Morgan fingerprint density at radius 1 is 1.50 bits per heavy atom. The van der Waals surface area contributed by atoms with Crippen molar-refractivity contribution in [2.45, 2.75) is 25.7 Å². The summed E-state index contributed by atoms with van der Waals surface area (Å²) < 4.78 is 0. The number of hydrogen-bond donors (Lipinski definition) is 1. The molecule has 0 spiro atoms. The van der Waals surface area contributed by atoms with Crippen molar-refractivity contribution >= 4 is 17.3 Å². The summed E-state index contributed by atoms with van der Waals surface area (Å²) in [5, 5.41) is 11.4. The van der Waals surface area contributed by atoms with Gasteiger partial charge in [-0.05, 0) is 30.5 Å². The average Bonchev–Trinajstić information content (AvgIpc) is 2.17. The van der Waals surface area contributed by atoms with Crippen molar-refractivity contribution in [3.05, 3.63) is 38.9 Å². The fourth-order valence-electron chi connectivity index (χ4n) is 1.71. The average molecular weight is 243 g/mol. The van der Waals surface area contributed by atoms with E-state index in [1.807, 2.05) is 13.8 Å². The zero-order valence-corrected chi connectivity index (χ0v) is 10.1. The Labute approximate surface area is 99.6 Å². The normalized spacial score (nSPS) is 11.5. The van der Waals surface area contributed by atoms with E-state index in [1.165, 1.54) is 12.1 Å². The Morgan fingerprint density at radius 2 is 2.12 bits per heavy atom. The lowest BCUT2D eigenvalue weighted by Gasteiger charge is -2.24. The summed E-state index contributed by atoms with van der Waals surface area (Å²) in [6.45, 7) is 4.34. The Balaban J connectivity index is 3.29. The van der Waals surface area contributed by atoms with Crippen molar-refractivity contribution in [1.82, 2.24) is 0 Å². The van der Waals surface area contributed by atoms with Crippen LogP contribution in [0.3, 0.4) is 0 Å². The van der Waals surface area contributed by atoms with Gasteiger partial charge in [-0.15, -0.1) is 0 Å². The Bertz CT molecular complexity index is 405. The summed E-state index contributed by atoms with van der Waals surface area (Å²) in [5.41, 5.74) is 5.90. The van der Waals surface area contributed by atoms with E-state index in [0.717, 1.165) is 0 Å². The molecule has 0 aliphatic heterocycles. The molecule has 1 rings (SSSR count). The van der Waals surface area contributed by atoms with E-state index in [2.05, 4.69) is 0 Å². The Kier molecular flexibility index (Phi) is 3.88. The number of nitrogens with zero attached hydrogens (tertiary/aromatic N) is 1. The third-order valence-corrected chi connectivity index (χ3v) is 2.89. The van der Waals surface area contributed by atoms with Gasteiger partial charge in [-0.3, -0.25) is 10.1 Å². The third kappa shape index (κ3) is 2.71. The van der Waals surface area contributed by atoms with Crippen molar-refractivity contribution in [2.24, 2.45) is 5.73 Å². The lowest BCUT2D eigenvalue weighted by molar-refractivity contribution is -0.386. The molecule has 0 bridgehead atoms. The molecule has 0 saturated heterocycles. The largest absolute Gasteiger partial charge is 0.330 e. The molecule has 0 unspecified atom stereocenters. The Morgan fingerprint density at radius 3 is 2.62 bits per heavy atom. The topological polar surface area (TPSA) is 69.2 Å². The van der Waals surface area contributed by atoms with Crippen LogP contribution in [0.1, 0.15) is 25.8 Å². The van der Waals surface area contributed by atoms with Gasteiger partial charge in [0.15, 0.2) is 0 Å². The maximum Gasteiger partial charge on any atom is 0.273 e. The molecule has 0 saturated carbocycles. The van der Waals surface area contributed by atoms with Crippen molar-refractivity contribution in [3.8, 4) is 0 Å². The van der Waals surface area contributed by atoms with Crippen LogP contribution in [0.25, 0.3) is 0 Å². The minimum atomic E-state index is -0.385. The predicted molar refractivity (Wildman–Crippen MR) is 64.8 cm³/mol. The first-order chi connectivity index (χ1) is 7.38. The molecule has 0 atom stereocenters. The van der Waals surface area contributed by atoms with Crippen LogP contribution in [0.15, 0.2) is 18.2 Å². The van der Waals surface area contributed by atoms with Crippen LogP contribution >= 0.6 is 11.6 Å². The molecule has 88 valence electrons. The first-order valence-electron chi connectivity index (χ1n) is 5.03. The molecule has 0 aliphatic rings. The van der Waals surface area contributed by atoms with Crippen molar-refractivity contribution < 1.29 is 4.92 Å². The molecule has 1 aromatic carbocycles. The van der Waals surface area contributed by atoms with Crippen LogP contribution in [0.5, 0.6) is 0 Å². The van der Waals surface area contributed by atoms with Crippen molar-refractivity contribution in [2.75, 3.05) is 6.54 Å². The van der Waals surface area contributed by atoms with Gasteiger partial charge in [0.25, 0.3) is 5.69 Å². The molecular formula is C11H15ClN2O2. The zero-order chi connectivity index (χ0) is 12.3. The number of hydrogen-bond acceptors (Lipinski definition) is 3. The summed E-state index contributed by atoms with van der Waals surface area (Å²) in [6.07, 6.45) is 0.675. The van der Waals surface area contributed by atoms with Gasteiger partial charge in [0.2, 0.25) is 0 Å². The number of nitrogens with two attached hydrogens (primary N) is 1. The van der Waals surface area contributed by atoms with Crippen LogP contribution in [-0.4, -0.2) is 11.5 Å². The molecule has 2 N–H and O–H groups in total. The molecule has 0 heterocycles. The smallest absolute Gasteiger partial charge is 0.273 e. The van der Waals surface area contributed by atoms with Crippen LogP contribution in [0, 0.1) is 10.1 Å². The summed E-state index contributed by atoms with van der Waals surface area (Å²) in [7, 11) is 0. The molecule has 5 heteroatoms. The molecule has 1 aromatic rings. The highest BCUT2D eigenvalue weighted by molar-refractivity contribution is 6.30. The lowest BCUT2D eigenvalue weighted by atomic mass is 9.80. The van der Waals surface area contributed by atoms with Crippen LogP contribution in [0.4, 0.5) is 5.69 Å². The zero-order valence-electron chi connectivity index (χ0n) is 9.37. The van der Waals surface area contributed by atoms with Crippen molar-refractivity contribution in [3.63, 3.8) is 0 Å². The lowest BCUT2D eigenvalue weighted by Crippen LogP contribution is -2.22. The maximum absolute atomic E-state index is 10.9. The first-order valence-corrected chi connectivity index (χ1v) is 5.41. The summed E-state index contributed by atoms with van der Waals surface area (Å²) in [4.78, 5) is 10.5. The molecule has 0 radical (unpaired) electrons. The number of rotatable bonds is 4.